The second kappa shape index (κ2) is 6.84. The quantitative estimate of drug-likeness (QED) is 0.743. The fraction of sp³-hybridized carbons (Fsp3) is 0.150. The summed E-state index contributed by atoms with van der Waals surface area (Å²) in [4.78, 5) is 20.7. The van der Waals surface area contributed by atoms with Gasteiger partial charge in [0.15, 0.2) is 5.82 Å². The largest absolute Gasteiger partial charge is 0.496 e. The number of hydrogen-bond acceptors (Lipinski definition) is 5. The Morgan fingerprint density at radius 1 is 1.08 bits per heavy atom. The van der Waals surface area contributed by atoms with Crippen LogP contribution in [0.4, 0.5) is 5.69 Å². The topological polar surface area (TPSA) is 76.1 Å². The lowest BCUT2D eigenvalue weighted by atomic mass is 10.1. The zero-order chi connectivity index (χ0) is 17.9. The van der Waals surface area contributed by atoms with E-state index in [1.807, 2.05) is 42.5 Å². The van der Waals surface area contributed by atoms with Gasteiger partial charge in [0.1, 0.15) is 5.75 Å². The minimum Gasteiger partial charge on any atom is -0.496 e. The molecule has 0 unspecified atom stereocenters. The van der Waals surface area contributed by atoms with Gasteiger partial charge in [-0.2, -0.15) is 0 Å². The average molecular weight is 346 g/mol. The van der Waals surface area contributed by atoms with E-state index in [9.17, 15) is 4.79 Å². The van der Waals surface area contributed by atoms with Crippen molar-refractivity contribution in [1.29, 1.82) is 0 Å². The molecule has 4 rings (SSSR count). The van der Waals surface area contributed by atoms with Gasteiger partial charge in [-0.15, -0.1) is 0 Å². The number of ether oxygens (including phenoxy) is 1. The number of nitrogens with one attached hydrogen (secondary N) is 2. The standard InChI is InChI=1S/C20H18N4O2/c1-26-18-8-3-2-5-15(18)19-22-10-13(11-23-19)9-21-17-7-4-6-14-16(17)12-24-20(14)25/h2-8,10-11,21H,9,12H2,1H3,(H,24,25). The summed E-state index contributed by atoms with van der Waals surface area (Å²) in [6.07, 6.45) is 3.60. The first-order valence-electron chi connectivity index (χ1n) is 8.34. The van der Waals surface area contributed by atoms with E-state index >= 15 is 0 Å². The molecule has 26 heavy (non-hydrogen) atoms. The number of rotatable bonds is 5. The molecule has 0 aliphatic carbocycles. The molecular formula is C20H18N4O2. The van der Waals surface area contributed by atoms with E-state index in [1.165, 1.54) is 0 Å². The molecule has 6 heteroatoms. The highest BCUT2D eigenvalue weighted by molar-refractivity contribution is 5.99. The Morgan fingerprint density at radius 2 is 1.85 bits per heavy atom. The van der Waals surface area contributed by atoms with Crippen LogP contribution in [0.5, 0.6) is 5.75 Å². The summed E-state index contributed by atoms with van der Waals surface area (Å²) in [5.41, 5.74) is 4.51. The maximum absolute atomic E-state index is 11.7. The number of hydrogen-bond donors (Lipinski definition) is 2. The summed E-state index contributed by atoms with van der Waals surface area (Å²) in [5, 5.41) is 6.21. The van der Waals surface area contributed by atoms with Gasteiger partial charge in [0.05, 0.1) is 12.7 Å². The minimum atomic E-state index is -0.0202. The van der Waals surface area contributed by atoms with Crippen molar-refractivity contribution in [3.8, 4) is 17.1 Å². The minimum absolute atomic E-state index is 0.0202. The van der Waals surface area contributed by atoms with Crippen molar-refractivity contribution in [2.24, 2.45) is 0 Å². The third-order valence-corrected chi connectivity index (χ3v) is 4.38. The molecular weight excluding hydrogens is 328 g/mol. The molecule has 0 bridgehead atoms. The van der Waals surface area contributed by atoms with E-state index in [4.69, 9.17) is 4.74 Å². The van der Waals surface area contributed by atoms with E-state index in [2.05, 4.69) is 20.6 Å². The van der Waals surface area contributed by atoms with Gasteiger partial charge in [-0.25, -0.2) is 9.97 Å². The molecule has 1 aliphatic rings. The first-order chi connectivity index (χ1) is 12.8. The van der Waals surface area contributed by atoms with E-state index in [0.717, 1.165) is 33.7 Å². The second-order valence-electron chi connectivity index (χ2n) is 5.98. The van der Waals surface area contributed by atoms with Gasteiger partial charge in [0.2, 0.25) is 0 Å². The maximum atomic E-state index is 11.7. The third-order valence-electron chi connectivity index (χ3n) is 4.38. The van der Waals surface area contributed by atoms with Crippen molar-refractivity contribution in [2.75, 3.05) is 12.4 Å². The van der Waals surface area contributed by atoms with Crippen molar-refractivity contribution < 1.29 is 9.53 Å². The van der Waals surface area contributed by atoms with Crippen molar-refractivity contribution in [3.05, 3.63) is 71.5 Å². The van der Waals surface area contributed by atoms with Crippen LogP contribution in [0.25, 0.3) is 11.4 Å². The highest BCUT2D eigenvalue weighted by atomic mass is 16.5. The fourth-order valence-electron chi connectivity index (χ4n) is 3.03. The van der Waals surface area contributed by atoms with Gasteiger partial charge >= 0.3 is 0 Å². The number of benzene rings is 2. The number of amides is 1. The lowest BCUT2D eigenvalue weighted by Crippen LogP contribution is -2.12. The Hall–Kier alpha value is -3.41. The van der Waals surface area contributed by atoms with Gasteiger partial charge in [-0.3, -0.25) is 4.79 Å². The first kappa shape index (κ1) is 16.1. The van der Waals surface area contributed by atoms with Crippen LogP contribution in [0.15, 0.2) is 54.9 Å². The number of anilines is 1. The Balaban J connectivity index is 1.50. The molecule has 0 fully saturated rings. The number of nitrogens with zero attached hydrogens (tertiary/aromatic N) is 2. The molecule has 2 N–H and O–H groups in total. The molecule has 1 aliphatic heterocycles. The molecule has 0 radical (unpaired) electrons. The highest BCUT2D eigenvalue weighted by Gasteiger charge is 2.20. The second-order valence-corrected chi connectivity index (χ2v) is 5.98. The summed E-state index contributed by atoms with van der Waals surface area (Å²) in [5.74, 6) is 1.35. The predicted molar refractivity (Wildman–Crippen MR) is 99.0 cm³/mol. The van der Waals surface area contributed by atoms with E-state index in [-0.39, 0.29) is 5.91 Å². The lowest BCUT2D eigenvalue weighted by Gasteiger charge is -2.11. The predicted octanol–water partition coefficient (Wildman–Crippen LogP) is 3.01. The van der Waals surface area contributed by atoms with Crippen LogP contribution in [-0.2, 0) is 13.1 Å². The van der Waals surface area contributed by atoms with Crippen LogP contribution in [0, 0.1) is 0 Å². The molecule has 0 spiro atoms. The zero-order valence-electron chi connectivity index (χ0n) is 14.3. The SMILES string of the molecule is COc1ccccc1-c1ncc(CNc2cccc3c2CNC3=O)cn1. The van der Waals surface area contributed by atoms with Crippen LogP contribution in [0.2, 0.25) is 0 Å². The number of para-hydroxylation sites is 1. The maximum Gasteiger partial charge on any atom is 0.251 e. The Morgan fingerprint density at radius 3 is 2.65 bits per heavy atom. The molecule has 0 saturated carbocycles. The van der Waals surface area contributed by atoms with E-state index in [0.29, 0.717) is 18.9 Å². The number of carbonyl (C=O) groups excluding carboxylic acids is 1. The molecule has 3 aromatic rings. The normalized spacial score (nSPS) is 12.4. The van der Waals surface area contributed by atoms with Crippen molar-refractivity contribution >= 4 is 11.6 Å². The van der Waals surface area contributed by atoms with Gasteiger partial charge in [-0.05, 0) is 24.3 Å². The average Bonchev–Trinajstić information content (AvgIpc) is 3.08. The molecule has 0 saturated heterocycles. The number of carbonyl (C=O) groups is 1. The summed E-state index contributed by atoms with van der Waals surface area (Å²) in [7, 11) is 1.63. The summed E-state index contributed by atoms with van der Waals surface area (Å²) < 4.78 is 5.36. The molecule has 130 valence electrons. The van der Waals surface area contributed by atoms with Gasteiger partial charge in [-0.1, -0.05) is 18.2 Å². The van der Waals surface area contributed by atoms with Gasteiger partial charge in [0.25, 0.3) is 5.91 Å². The monoisotopic (exact) mass is 346 g/mol. The Kier molecular flexibility index (Phi) is 4.23. The van der Waals surface area contributed by atoms with E-state index in [1.54, 1.807) is 19.5 Å². The Bertz CT molecular complexity index is 954. The molecule has 1 aromatic heterocycles. The van der Waals surface area contributed by atoms with Crippen LogP contribution in [0.1, 0.15) is 21.5 Å². The number of fused-ring (bicyclic) bond motifs is 1. The highest BCUT2D eigenvalue weighted by Crippen LogP contribution is 2.27. The van der Waals surface area contributed by atoms with E-state index < -0.39 is 0 Å². The van der Waals surface area contributed by atoms with Gasteiger partial charge < -0.3 is 15.4 Å². The smallest absolute Gasteiger partial charge is 0.251 e. The summed E-state index contributed by atoms with van der Waals surface area (Å²) >= 11 is 0. The van der Waals surface area contributed by atoms with Crippen molar-refractivity contribution in [1.82, 2.24) is 15.3 Å². The molecule has 0 atom stereocenters. The fourth-order valence-corrected chi connectivity index (χ4v) is 3.03. The molecule has 1 amide bonds. The Labute approximate surface area is 151 Å². The zero-order valence-corrected chi connectivity index (χ0v) is 14.3. The molecule has 6 nitrogen and oxygen atoms in total. The summed E-state index contributed by atoms with van der Waals surface area (Å²) in [6.45, 7) is 1.14. The first-order valence-corrected chi connectivity index (χ1v) is 8.34. The van der Waals surface area contributed by atoms with Crippen LogP contribution >= 0.6 is 0 Å². The van der Waals surface area contributed by atoms with Crippen molar-refractivity contribution in [3.63, 3.8) is 0 Å². The van der Waals surface area contributed by atoms with Crippen molar-refractivity contribution in [2.45, 2.75) is 13.1 Å². The molecule has 2 heterocycles. The molecule has 2 aromatic carbocycles. The van der Waals surface area contributed by atoms with Crippen LogP contribution in [-0.4, -0.2) is 23.0 Å². The van der Waals surface area contributed by atoms with Crippen LogP contribution in [0.3, 0.4) is 0 Å². The number of aromatic nitrogens is 2. The lowest BCUT2D eigenvalue weighted by molar-refractivity contribution is 0.0966. The third kappa shape index (κ3) is 2.97. The van der Waals surface area contributed by atoms with Gasteiger partial charge in [0, 0.05) is 47.9 Å². The van der Waals surface area contributed by atoms with Crippen LogP contribution < -0.4 is 15.4 Å². The number of methoxy groups -OCH3 is 1. The summed E-state index contributed by atoms with van der Waals surface area (Å²) in [6, 6.07) is 13.4.